The lowest BCUT2D eigenvalue weighted by molar-refractivity contribution is -0.393. The van der Waals surface area contributed by atoms with E-state index in [1.54, 1.807) is 0 Å². The molecule has 0 spiro atoms. The number of nitro groups is 3. The largest absolute Gasteiger partial charge is 0.284 e. The van der Waals surface area contributed by atoms with Crippen LogP contribution in [0.2, 0.25) is 0 Å². The third-order valence-electron chi connectivity index (χ3n) is 2.94. The molecule has 2 rings (SSSR count). The molecule has 0 aliphatic heterocycles. The van der Waals surface area contributed by atoms with Gasteiger partial charge in [-0.05, 0) is 13.0 Å². The van der Waals surface area contributed by atoms with Gasteiger partial charge in [0.2, 0.25) is 0 Å². The van der Waals surface area contributed by atoms with Crippen LogP contribution in [-0.2, 0) is 0 Å². The fourth-order valence-electron chi connectivity index (χ4n) is 2.08. The highest BCUT2D eigenvalue weighted by Gasteiger charge is 2.27. The third kappa shape index (κ3) is 1.90. The van der Waals surface area contributed by atoms with Crippen molar-refractivity contribution in [3.63, 3.8) is 0 Å². The van der Waals surface area contributed by atoms with Gasteiger partial charge in [-0.1, -0.05) is 6.07 Å². The second-order valence-electron chi connectivity index (χ2n) is 4.01. The predicted octanol–water partition coefficient (Wildman–Crippen LogP) is 2.87. The molecule has 0 aliphatic carbocycles. The van der Waals surface area contributed by atoms with E-state index in [1.165, 1.54) is 19.1 Å². The molecule has 2 aromatic carbocycles. The molecule has 0 aliphatic rings. The summed E-state index contributed by atoms with van der Waals surface area (Å²) in [6, 6.07) is 4.61. The second kappa shape index (κ2) is 4.53. The van der Waals surface area contributed by atoms with Gasteiger partial charge in [-0.25, -0.2) is 0 Å². The number of fused-ring (bicyclic) bond motifs is 1. The number of benzene rings is 2. The van der Waals surface area contributed by atoms with Gasteiger partial charge in [0.05, 0.1) is 31.6 Å². The molecule has 0 saturated heterocycles. The Hall–Kier alpha value is -3.10. The molecule has 20 heavy (non-hydrogen) atoms. The van der Waals surface area contributed by atoms with Gasteiger partial charge in [0.1, 0.15) is 0 Å². The van der Waals surface area contributed by atoms with Crippen molar-refractivity contribution in [1.82, 2.24) is 0 Å². The van der Waals surface area contributed by atoms with E-state index >= 15 is 0 Å². The van der Waals surface area contributed by atoms with Crippen LogP contribution in [0.5, 0.6) is 0 Å². The Balaban J connectivity index is 3.07. The van der Waals surface area contributed by atoms with Crippen molar-refractivity contribution in [2.24, 2.45) is 0 Å². The molecule has 0 fully saturated rings. The SMILES string of the molecule is Cc1c([N+](=O)[O-])cc([N+](=O)[O-])c2cccc([N+](=O)[O-])c12. The van der Waals surface area contributed by atoms with Crippen molar-refractivity contribution in [3.8, 4) is 0 Å². The smallest absolute Gasteiger partial charge is 0.258 e. The van der Waals surface area contributed by atoms with Gasteiger partial charge in [-0.2, -0.15) is 0 Å². The number of nitrogens with zero attached hydrogens (tertiary/aromatic N) is 3. The zero-order valence-corrected chi connectivity index (χ0v) is 10.1. The van der Waals surface area contributed by atoms with E-state index in [2.05, 4.69) is 0 Å². The zero-order valence-electron chi connectivity index (χ0n) is 10.1. The lowest BCUT2D eigenvalue weighted by atomic mass is 10.0. The highest BCUT2D eigenvalue weighted by Crippen LogP contribution is 2.39. The topological polar surface area (TPSA) is 129 Å². The lowest BCUT2D eigenvalue weighted by Crippen LogP contribution is -1.99. The number of nitro benzene ring substituents is 3. The zero-order chi connectivity index (χ0) is 15.0. The Morgan fingerprint density at radius 3 is 1.90 bits per heavy atom. The summed E-state index contributed by atoms with van der Waals surface area (Å²) in [4.78, 5) is 30.6. The Kier molecular flexibility index (Phi) is 3.02. The molecule has 0 amide bonds. The van der Waals surface area contributed by atoms with E-state index in [0.29, 0.717) is 0 Å². The summed E-state index contributed by atoms with van der Waals surface area (Å²) in [5.41, 5.74) is -1.41. The quantitative estimate of drug-likeness (QED) is 0.626. The fourth-order valence-corrected chi connectivity index (χ4v) is 2.08. The van der Waals surface area contributed by atoms with Crippen molar-refractivity contribution in [2.75, 3.05) is 0 Å². The molecule has 0 radical (unpaired) electrons. The number of aryl methyl sites for hydroxylation is 1. The summed E-state index contributed by atoms with van der Waals surface area (Å²) >= 11 is 0. The highest BCUT2D eigenvalue weighted by atomic mass is 16.6. The molecule has 9 heteroatoms. The minimum absolute atomic E-state index is 0.00676. The van der Waals surface area contributed by atoms with Gasteiger partial charge in [0.15, 0.2) is 0 Å². The monoisotopic (exact) mass is 277 g/mol. The van der Waals surface area contributed by atoms with E-state index in [9.17, 15) is 30.3 Å². The summed E-state index contributed by atoms with van der Waals surface area (Å²) in [6.45, 7) is 1.33. The minimum atomic E-state index is -0.793. The maximum atomic E-state index is 11.0. The van der Waals surface area contributed by atoms with Gasteiger partial charge < -0.3 is 0 Å². The maximum Gasteiger partial charge on any atom is 0.284 e. The van der Waals surface area contributed by atoms with Crippen molar-refractivity contribution in [3.05, 3.63) is 60.2 Å². The first-order valence-corrected chi connectivity index (χ1v) is 5.34. The number of non-ortho nitro benzene ring substituents is 2. The molecule has 0 aromatic heterocycles. The normalized spacial score (nSPS) is 10.4. The summed E-state index contributed by atoms with van der Waals surface area (Å²) in [7, 11) is 0. The molecule has 9 nitrogen and oxygen atoms in total. The van der Waals surface area contributed by atoms with E-state index in [1.807, 2.05) is 0 Å². The first kappa shape index (κ1) is 13.3. The van der Waals surface area contributed by atoms with Crippen LogP contribution in [0, 0.1) is 37.3 Å². The average molecular weight is 277 g/mol. The van der Waals surface area contributed by atoms with Gasteiger partial charge in [-0.15, -0.1) is 0 Å². The van der Waals surface area contributed by atoms with E-state index < -0.39 is 31.8 Å². The molecule has 0 unspecified atom stereocenters. The third-order valence-corrected chi connectivity index (χ3v) is 2.94. The van der Waals surface area contributed by atoms with E-state index in [4.69, 9.17) is 0 Å². The maximum absolute atomic E-state index is 11.0. The van der Waals surface area contributed by atoms with Gasteiger partial charge in [0, 0.05) is 11.6 Å². The molecule has 0 N–H and O–H groups in total. The van der Waals surface area contributed by atoms with Crippen LogP contribution >= 0.6 is 0 Å². The van der Waals surface area contributed by atoms with Crippen LogP contribution < -0.4 is 0 Å². The fraction of sp³-hybridized carbons (Fsp3) is 0.0909. The van der Waals surface area contributed by atoms with Crippen molar-refractivity contribution < 1.29 is 14.8 Å². The van der Waals surface area contributed by atoms with Gasteiger partial charge in [-0.3, -0.25) is 30.3 Å². The lowest BCUT2D eigenvalue weighted by Gasteiger charge is -2.05. The molecule has 2 aromatic rings. The van der Waals surface area contributed by atoms with Crippen LogP contribution in [0.25, 0.3) is 10.8 Å². The molecule has 102 valence electrons. The first-order valence-electron chi connectivity index (χ1n) is 5.34. The summed E-state index contributed by atoms with van der Waals surface area (Å²) in [5.74, 6) is 0. The molecular formula is C11H7N3O6. The van der Waals surface area contributed by atoms with Gasteiger partial charge in [0.25, 0.3) is 17.1 Å². The Morgan fingerprint density at radius 2 is 1.40 bits per heavy atom. The first-order chi connectivity index (χ1) is 9.34. The van der Waals surface area contributed by atoms with Crippen LogP contribution in [-0.4, -0.2) is 14.8 Å². The van der Waals surface area contributed by atoms with Crippen molar-refractivity contribution in [1.29, 1.82) is 0 Å². The average Bonchev–Trinajstić information content (AvgIpc) is 2.37. The summed E-state index contributed by atoms with van der Waals surface area (Å²) in [6.07, 6.45) is 0. The Morgan fingerprint density at radius 1 is 0.850 bits per heavy atom. The summed E-state index contributed by atoms with van der Waals surface area (Å²) < 4.78 is 0. The van der Waals surface area contributed by atoms with Crippen LogP contribution in [0.1, 0.15) is 5.56 Å². The van der Waals surface area contributed by atoms with Crippen LogP contribution in [0.15, 0.2) is 24.3 Å². The van der Waals surface area contributed by atoms with Crippen molar-refractivity contribution in [2.45, 2.75) is 6.92 Å². The molecule has 0 bridgehead atoms. The number of hydrogen-bond acceptors (Lipinski definition) is 6. The van der Waals surface area contributed by atoms with E-state index in [-0.39, 0.29) is 16.3 Å². The van der Waals surface area contributed by atoms with Gasteiger partial charge >= 0.3 is 0 Å². The van der Waals surface area contributed by atoms with E-state index in [0.717, 1.165) is 12.1 Å². The Bertz CT molecular complexity index is 770. The van der Waals surface area contributed by atoms with Crippen LogP contribution in [0.3, 0.4) is 0 Å². The molecule has 0 heterocycles. The minimum Gasteiger partial charge on any atom is -0.258 e. The number of rotatable bonds is 3. The highest BCUT2D eigenvalue weighted by molar-refractivity contribution is 6.01. The van der Waals surface area contributed by atoms with Crippen molar-refractivity contribution >= 4 is 27.8 Å². The number of hydrogen-bond donors (Lipinski definition) is 0. The second-order valence-corrected chi connectivity index (χ2v) is 4.01. The molecule has 0 saturated carbocycles. The van der Waals surface area contributed by atoms with Crippen LogP contribution in [0.4, 0.5) is 17.1 Å². The Labute approximate surface area is 110 Å². The standard InChI is InChI=1S/C11H7N3O6/c1-6-9(13(17)18)5-10(14(19)20)7-3-2-4-8(11(6)7)12(15)16/h2-5H,1H3. The molecule has 0 atom stereocenters. The predicted molar refractivity (Wildman–Crippen MR) is 68.6 cm³/mol. The molecular weight excluding hydrogens is 270 g/mol. The summed E-state index contributed by atoms with van der Waals surface area (Å²) in [5, 5.41) is 32.8.